The van der Waals surface area contributed by atoms with Crippen LogP contribution < -0.4 is 5.32 Å². The average Bonchev–Trinajstić information content (AvgIpc) is 3.08. The lowest BCUT2D eigenvalue weighted by Crippen LogP contribution is -2.27. The maximum Gasteiger partial charge on any atom is 0.268 e. The highest BCUT2D eigenvalue weighted by molar-refractivity contribution is 7.13. The smallest absolute Gasteiger partial charge is 0.268 e. The normalized spacial score (nSPS) is 20.2. The van der Waals surface area contributed by atoms with Gasteiger partial charge in [0.05, 0.1) is 10.9 Å². The predicted octanol–water partition coefficient (Wildman–Crippen LogP) is 3.18. The summed E-state index contributed by atoms with van der Waals surface area (Å²) in [5.41, 5.74) is 1.28. The second-order valence-corrected chi connectivity index (χ2v) is 5.50. The lowest BCUT2D eigenvalue weighted by molar-refractivity contribution is 0.367. The molecule has 1 saturated heterocycles. The van der Waals surface area contributed by atoms with Crippen molar-refractivity contribution in [2.24, 2.45) is 0 Å². The Morgan fingerprint density at radius 3 is 3.22 bits per heavy atom. The lowest BCUT2D eigenvalue weighted by Gasteiger charge is -2.19. The third-order valence-corrected chi connectivity index (χ3v) is 4.33. The van der Waals surface area contributed by atoms with Gasteiger partial charge in [-0.15, -0.1) is 11.3 Å². The quantitative estimate of drug-likeness (QED) is 0.924. The molecule has 4 nitrogen and oxygen atoms in total. The molecule has 3 rings (SSSR count). The minimum absolute atomic E-state index is 0.265. The largest absolute Gasteiger partial charge is 0.333 e. The number of thiophene rings is 1. The third-order valence-electron chi connectivity index (χ3n) is 3.39. The fourth-order valence-corrected chi connectivity index (χ4v) is 3.26. The van der Waals surface area contributed by atoms with Gasteiger partial charge in [-0.2, -0.15) is 4.98 Å². The fourth-order valence-electron chi connectivity index (χ4n) is 2.34. The number of piperidine rings is 1. The summed E-state index contributed by atoms with van der Waals surface area (Å²) >= 11 is 1.67. The lowest BCUT2D eigenvalue weighted by atomic mass is 10.0. The second kappa shape index (κ2) is 5.20. The van der Waals surface area contributed by atoms with Gasteiger partial charge in [0.15, 0.2) is 5.82 Å². The summed E-state index contributed by atoms with van der Waals surface area (Å²) in [5, 5.41) is 9.65. The van der Waals surface area contributed by atoms with Gasteiger partial charge in [-0.05, 0) is 42.8 Å². The zero-order valence-electron chi connectivity index (χ0n) is 10.5. The average molecular weight is 263 g/mol. The van der Waals surface area contributed by atoms with Crippen LogP contribution in [0.25, 0.3) is 10.8 Å². The Bertz CT molecular complexity index is 514. The molecule has 5 heteroatoms. The van der Waals surface area contributed by atoms with Crippen molar-refractivity contribution in [3.8, 4) is 10.8 Å². The first-order valence-electron chi connectivity index (χ1n) is 6.52. The Morgan fingerprint density at radius 2 is 2.44 bits per heavy atom. The third kappa shape index (κ3) is 2.20. The SMILES string of the molecule is CCc1ccsc1-c1nc(C2CCCCN2)no1. The van der Waals surface area contributed by atoms with E-state index in [1.165, 1.54) is 18.4 Å². The van der Waals surface area contributed by atoms with Gasteiger partial charge in [-0.1, -0.05) is 18.5 Å². The Labute approximate surface area is 110 Å². The van der Waals surface area contributed by atoms with Gasteiger partial charge < -0.3 is 9.84 Å². The van der Waals surface area contributed by atoms with E-state index in [2.05, 4.69) is 33.8 Å². The van der Waals surface area contributed by atoms with Crippen LogP contribution in [0, 0.1) is 0 Å². The summed E-state index contributed by atoms with van der Waals surface area (Å²) in [6.07, 6.45) is 4.58. The number of nitrogens with one attached hydrogen (secondary N) is 1. The molecule has 96 valence electrons. The second-order valence-electron chi connectivity index (χ2n) is 4.59. The van der Waals surface area contributed by atoms with Crippen molar-refractivity contribution in [2.45, 2.75) is 38.6 Å². The molecule has 1 aliphatic rings. The van der Waals surface area contributed by atoms with E-state index in [9.17, 15) is 0 Å². The first-order chi connectivity index (χ1) is 8.88. The highest BCUT2D eigenvalue weighted by Crippen LogP contribution is 2.30. The standard InChI is InChI=1S/C13H17N3OS/c1-2-9-6-8-18-11(9)13-15-12(16-17-13)10-5-3-4-7-14-10/h6,8,10,14H,2-5,7H2,1H3. The maximum absolute atomic E-state index is 5.41. The predicted molar refractivity (Wildman–Crippen MR) is 71.6 cm³/mol. The van der Waals surface area contributed by atoms with E-state index < -0.39 is 0 Å². The van der Waals surface area contributed by atoms with Crippen molar-refractivity contribution in [2.75, 3.05) is 6.54 Å². The van der Waals surface area contributed by atoms with Gasteiger partial charge in [0.2, 0.25) is 0 Å². The summed E-state index contributed by atoms with van der Waals surface area (Å²) in [5.74, 6) is 1.48. The van der Waals surface area contributed by atoms with E-state index in [-0.39, 0.29) is 6.04 Å². The molecule has 0 radical (unpaired) electrons. The van der Waals surface area contributed by atoms with Crippen LogP contribution in [0.2, 0.25) is 0 Å². The van der Waals surface area contributed by atoms with Crippen LogP contribution in [0.3, 0.4) is 0 Å². The number of aryl methyl sites for hydroxylation is 1. The van der Waals surface area contributed by atoms with Crippen LogP contribution in [0.4, 0.5) is 0 Å². The summed E-state index contributed by atoms with van der Waals surface area (Å²) in [6.45, 7) is 3.19. The molecule has 1 aliphatic heterocycles. The molecule has 0 spiro atoms. The van der Waals surface area contributed by atoms with Crippen LogP contribution >= 0.6 is 11.3 Å². The van der Waals surface area contributed by atoms with Gasteiger partial charge in [0.1, 0.15) is 0 Å². The minimum Gasteiger partial charge on any atom is -0.333 e. The van der Waals surface area contributed by atoms with Gasteiger partial charge >= 0.3 is 0 Å². The molecule has 18 heavy (non-hydrogen) atoms. The van der Waals surface area contributed by atoms with Gasteiger partial charge in [0.25, 0.3) is 5.89 Å². The van der Waals surface area contributed by atoms with E-state index in [4.69, 9.17) is 4.52 Å². The molecule has 0 aliphatic carbocycles. The fraction of sp³-hybridized carbons (Fsp3) is 0.538. The van der Waals surface area contributed by atoms with Gasteiger partial charge in [-0.25, -0.2) is 0 Å². The Kier molecular flexibility index (Phi) is 3.43. The van der Waals surface area contributed by atoms with E-state index >= 15 is 0 Å². The summed E-state index contributed by atoms with van der Waals surface area (Å²) in [7, 11) is 0. The van der Waals surface area contributed by atoms with Crippen molar-refractivity contribution in [3.05, 3.63) is 22.8 Å². The zero-order valence-corrected chi connectivity index (χ0v) is 11.3. The number of hydrogen-bond donors (Lipinski definition) is 1. The Hall–Kier alpha value is -1.20. The van der Waals surface area contributed by atoms with Crippen molar-refractivity contribution in [1.82, 2.24) is 15.5 Å². The molecule has 0 aromatic carbocycles. The summed E-state index contributed by atoms with van der Waals surface area (Å²) in [6, 6.07) is 2.39. The summed E-state index contributed by atoms with van der Waals surface area (Å²) < 4.78 is 5.41. The minimum atomic E-state index is 0.265. The molecule has 0 bridgehead atoms. The van der Waals surface area contributed by atoms with Crippen LogP contribution in [0.1, 0.15) is 43.6 Å². The molecule has 1 N–H and O–H groups in total. The van der Waals surface area contributed by atoms with Gasteiger partial charge in [-0.3, -0.25) is 0 Å². The van der Waals surface area contributed by atoms with E-state index in [1.807, 2.05) is 0 Å². The molecule has 0 saturated carbocycles. The molecule has 3 heterocycles. The molecular formula is C13H17N3OS. The highest BCUT2D eigenvalue weighted by Gasteiger charge is 2.21. The number of nitrogens with zero attached hydrogens (tertiary/aromatic N) is 2. The molecule has 1 atom stereocenters. The Morgan fingerprint density at radius 1 is 1.50 bits per heavy atom. The maximum atomic E-state index is 5.41. The monoisotopic (exact) mass is 263 g/mol. The topological polar surface area (TPSA) is 51.0 Å². The Balaban J connectivity index is 1.84. The van der Waals surface area contributed by atoms with Crippen molar-refractivity contribution >= 4 is 11.3 Å². The first-order valence-corrected chi connectivity index (χ1v) is 7.40. The molecule has 1 unspecified atom stereocenters. The molecule has 0 amide bonds. The van der Waals surface area contributed by atoms with Crippen LogP contribution in [0.5, 0.6) is 0 Å². The molecular weight excluding hydrogens is 246 g/mol. The number of aromatic nitrogens is 2. The zero-order chi connectivity index (χ0) is 12.4. The number of rotatable bonds is 3. The van der Waals surface area contributed by atoms with E-state index in [0.717, 1.165) is 30.1 Å². The number of hydrogen-bond acceptors (Lipinski definition) is 5. The molecule has 1 fully saturated rings. The van der Waals surface area contributed by atoms with Crippen molar-refractivity contribution in [1.29, 1.82) is 0 Å². The summed E-state index contributed by atoms with van der Waals surface area (Å²) in [4.78, 5) is 5.67. The van der Waals surface area contributed by atoms with Crippen molar-refractivity contribution < 1.29 is 4.52 Å². The van der Waals surface area contributed by atoms with Crippen molar-refractivity contribution in [3.63, 3.8) is 0 Å². The molecule has 2 aromatic rings. The molecule has 2 aromatic heterocycles. The van der Waals surface area contributed by atoms with Crippen LogP contribution in [0.15, 0.2) is 16.0 Å². The van der Waals surface area contributed by atoms with Gasteiger partial charge in [0, 0.05) is 0 Å². The van der Waals surface area contributed by atoms with Crippen LogP contribution in [-0.2, 0) is 6.42 Å². The van der Waals surface area contributed by atoms with E-state index in [1.54, 1.807) is 11.3 Å². The highest BCUT2D eigenvalue weighted by atomic mass is 32.1. The van der Waals surface area contributed by atoms with E-state index in [0.29, 0.717) is 5.89 Å². The van der Waals surface area contributed by atoms with Crippen LogP contribution in [-0.4, -0.2) is 16.7 Å². The first kappa shape index (κ1) is 11.9.